The number of methoxy groups -OCH3 is 1. The number of carbonyl (C=O) groups excluding carboxylic acids is 1. The van der Waals surface area contributed by atoms with E-state index in [4.69, 9.17) is 16.3 Å². The summed E-state index contributed by atoms with van der Waals surface area (Å²) in [6.45, 7) is 2.31. The average Bonchev–Trinajstić information content (AvgIpc) is 2.54. The van der Waals surface area contributed by atoms with Crippen LogP contribution in [0.2, 0.25) is 5.02 Å². The molecule has 4 heteroatoms. The number of hydrogen-bond donors (Lipinski definition) is 1. The normalized spacial score (nSPS) is 11.1. The van der Waals surface area contributed by atoms with Crippen LogP contribution in [0, 0.1) is 6.92 Å². The number of benzene rings is 2. The first-order chi connectivity index (χ1) is 10.6. The summed E-state index contributed by atoms with van der Waals surface area (Å²) >= 11 is 6.10. The van der Waals surface area contributed by atoms with Crippen molar-refractivity contribution >= 4 is 29.3 Å². The van der Waals surface area contributed by atoms with Crippen LogP contribution in [0.1, 0.15) is 11.1 Å². The fourth-order valence-electron chi connectivity index (χ4n) is 1.96. The van der Waals surface area contributed by atoms with Crippen LogP contribution in [-0.2, 0) is 9.53 Å². The Morgan fingerprint density at radius 3 is 2.59 bits per heavy atom. The third kappa shape index (κ3) is 4.37. The maximum atomic E-state index is 11.9. The van der Waals surface area contributed by atoms with E-state index in [1.54, 1.807) is 0 Å². The Kier molecular flexibility index (Phi) is 5.61. The van der Waals surface area contributed by atoms with Gasteiger partial charge in [-0.15, -0.1) is 0 Å². The van der Waals surface area contributed by atoms with Crippen LogP contribution in [0.4, 0.5) is 5.69 Å². The number of anilines is 1. The molecule has 114 valence electrons. The van der Waals surface area contributed by atoms with Gasteiger partial charge < -0.3 is 10.1 Å². The largest absolute Gasteiger partial charge is 0.466 e. The van der Waals surface area contributed by atoms with Crippen LogP contribution in [0.15, 0.2) is 54.1 Å². The number of aryl methyl sites for hydroxylation is 1. The van der Waals surface area contributed by atoms with Gasteiger partial charge in [-0.05, 0) is 36.3 Å². The molecule has 2 aromatic carbocycles. The van der Waals surface area contributed by atoms with Crippen molar-refractivity contribution in [3.8, 4) is 0 Å². The maximum Gasteiger partial charge on any atom is 0.335 e. The van der Waals surface area contributed by atoms with E-state index in [0.717, 1.165) is 16.8 Å². The smallest absolute Gasteiger partial charge is 0.335 e. The van der Waals surface area contributed by atoms with Gasteiger partial charge in [-0.25, -0.2) is 4.79 Å². The summed E-state index contributed by atoms with van der Waals surface area (Å²) in [4.78, 5) is 11.9. The van der Waals surface area contributed by atoms with E-state index in [1.807, 2.05) is 61.5 Å². The SMILES string of the molecule is COC(=O)/C(=C/c1ccccc1)CNc1ccc(C)c(Cl)c1. The lowest BCUT2D eigenvalue weighted by atomic mass is 10.1. The number of ether oxygens (including phenoxy) is 1. The number of nitrogens with one attached hydrogen (secondary N) is 1. The molecule has 0 spiro atoms. The van der Waals surface area contributed by atoms with Crippen molar-refractivity contribution in [1.29, 1.82) is 0 Å². The predicted molar refractivity (Wildman–Crippen MR) is 91.1 cm³/mol. The van der Waals surface area contributed by atoms with E-state index in [0.29, 0.717) is 17.1 Å². The first-order valence-electron chi connectivity index (χ1n) is 6.94. The summed E-state index contributed by atoms with van der Waals surface area (Å²) in [7, 11) is 1.38. The van der Waals surface area contributed by atoms with Crippen LogP contribution in [0.25, 0.3) is 6.08 Å². The van der Waals surface area contributed by atoms with Gasteiger partial charge >= 0.3 is 5.97 Å². The first-order valence-corrected chi connectivity index (χ1v) is 7.32. The van der Waals surface area contributed by atoms with Crippen molar-refractivity contribution in [3.05, 3.63) is 70.3 Å². The van der Waals surface area contributed by atoms with E-state index in [1.165, 1.54) is 7.11 Å². The minimum atomic E-state index is -0.352. The lowest BCUT2D eigenvalue weighted by Gasteiger charge is -2.10. The van der Waals surface area contributed by atoms with Crippen molar-refractivity contribution in [2.45, 2.75) is 6.92 Å². The molecule has 0 saturated carbocycles. The van der Waals surface area contributed by atoms with Crippen LogP contribution >= 0.6 is 11.6 Å². The summed E-state index contributed by atoms with van der Waals surface area (Å²) < 4.78 is 4.84. The summed E-state index contributed by atoms with van der Waals surface area (Å²) in [5.41, 5.74) is 3.37. The Morgan fingerprint density at radius 2 is 1.95 bits per heavy atom. The maximum absolute atomic E-state index is 11.9. The molecule has 2 aromatic rings. The minimum absolute atomic E-state index is 0.352. The van der Waals surface area contributed by atoms with Crippen LogP contribution < -0.4 is 5.32 Å². The molecule has 0 aromatic heterocycles. The number of esters is 1. The standard InChI is InChI=1S/C18H18ClNO2/c1-13-8-9-16(11-17(13)19)20-12-15(18(21)22-2)10-14-6-4-3-5-7-14/h3-11,20H,12H2,1-2H3/b15-10+. The molecule has 0 aliphatic heterocycles. The Labute approximate surface area is 135 Å². The van der Waals surface area contributed by atoms with Gasteiger partial charge in [-0.2, -0.15) is 0 Å². The molecule has 0 saturated heterocycles. The quantitative estimate of drug-likeness (QED) is 0.659. The zero-order chi connectivity index (χ0) is 15.9. The predicted octanol–water partition coefficient (Wildman–Crippen LogP) is 4.32. The molecule has 2 rings (SSSR count). The third-order valence-electron chi connectivity index (χ3n) is 3.24. The van der Waals surface area contributed by atoms with Crippen LogP contribution in [-0.4, -0.2) is 19.6 Å². The summed E-state index contributed by atoms with van der Waals surface area (Å²) in [5, 5.41) is 3.89. The van der Waals surface area contributed by atoms with Crippen molar-refractivity contribution in [2.75, 3.05) is 19.0 Å². The Balaban J connectivity index is 2.15. The number of hydrogen-bond acceptors (Lipinski definition) is 3. The zero-order valence-electron chi connectivity index (χ0n) is 12.6. The molecule has 0 heterocycles. The summed E-state index contributed by atoms with van der Waals surface area (Å²) in [6.07, 6.45) is 1.81. The summed E-state index contributed by atoms with van der Waals surface area (Å²) in [6, 6.07) is 15.4. The second-order valence-electron chi connectivity index (χ2n) is 4.89. The topological polar surface area (TPSA) is 38.3 Å². The fraction of sp³-hybridized carbons (Fsp3) is 0.167. The zero-order valence-corrected chi connectivity index (χ0v) is 13.4. The molecule has 22 heavy (non-hydrogen) atoms. The van der Waals surface area contributed by atoms with Gasteiger partial charge in [0, 0.05) is 17.3 Å². The van der Waals surface area contributed by atoms with Crippen LogP contribution in [0.3, 0.4) is 0 Å². The molecule has 1 N–H and O–H groups in total. The Hall–Kier alpha value is -2.26. The fourth-order valence-corrected chi connectivity index (χ4v) is 2.14. The van der Waals surface area contributed by atoms with E-state index >= 15 is 0 Å². The molecule has 0 radical (unpaired) electrons. The molecule has 0 unspecified atom stereocenters. The molecular formula is C18H18ClNO2. The highest BCUT2D eigenvalue weighted by Crippen LogP contribution is 2.20. The van der Waals surface area contributed by atoms with E-state index < -0.39 is 0 Å². The monoisotopic (exact) mass is 315 g/mol. The molecule has 0 fully saturated rings. The van der Waals surface area contributed by atoms with Crippen molar-refractivity contribution < 1.29 is 9.53 Å². The third-order valence-corrected chi connectivity index (χ3v) is 3.65. The molecule has 0 atom stereocenters. The Bertz CT molecular complexity index is 681. The molecule has 0 bridgehead atoms. The van der Waals surface area contributed by atoms with Crippen molar-refractivity contribution in [2.24, 2.45) is 0 Å². The van der Waals surface area contributed by atoms with Gasteiger partial charge in [0.05, 0.1) is 12.7 Å². The van der Waals surface area contributed by atoms with E-state index in [9.17, 15) is 4.79 Å². The molecule has 3 nitrogen and oxygen atoms in total. The molecule has 0 aliphatic rings. The number of carbonyl (C=O) groups is 1. The molecule has 0 amide bonds. The lowest BCUT2D eigenvalue weighted by Crippen LogP contribution is -2.14. The average molecular weight is 316 g/mol. The second kappa shape index (κ2) is 7.66. The second-order valence-corrected chi connectivity index (χ2v) is 5.30. The van der Waals surface area contributed by atoms with Crippen molar-refractivity contribution in [1.82, 2.24) is 0 Å². The van der Waals surface area contributed by atoms with Gasteiger partial charge in [-0.3, -0.25) is 0 Å². The van der Waals surface area contributed by atoms with Gasteiger partial charge in [-0.1, -0.05) is 48.0 Å². The molecule has 0 aliphatic carbocycles. The van der Waals surface area contributed by atoms with Gasteiger partial charge in [0.15, 0.2) is 0 Å². The van der Waals surface area contributed by atoms with Crippen LogP contribution in [0.5, 0.6) is 0 Å². The molecular weight excluding hydrogens is 298 g/mol. The highest BCUT2D eigenvalue weighted by Gasteiger charge is 2.10. The van der Waals surface area contributed by atoms with Gasteiger partial charge in [0.1, 0.15) is 0 Å². The summed E-state index contributed by atoms with van der Waals surface area (Å²) in [5.74, 6) is -0.352. The first kappa shape index (κ1) is 16.1. The number of rotatable bonds is 5. The minimum Gasteiger partial charge on any atom is -0.466 e. The highest BCUT2D eigenvalue weighted by molar-refractivity contribution is 6.31. The van der Waals surface area contributed by atoms with E-state index in [2.05, 4.69) is 5.32 Å². The van der Waals surface area contributed by atoms with Gasteiger partial charge in [0.25, 0.3) is 0 Å². The van der Waals surface area contributed by atoms with Crippen molar-refractivity contribution in [3.63, 3.8) is 0 Å². The number of halogens is 1. The highest BCUT2D eigenvalue weighted by atomic mass is 35.5. The van der Waals surface area contributed by atoms with Gasteiger partial charge in [0.2, 0.25) is 0 Å². The van der Waals surface area contributed by atoms with E-state index in [-0.39, 0.29) is 5.97 Å². The lowest BCUT2D eigenvalue weighted by molar-refractivity contribution is -0.135. The Morgan fingerprint density at radius 1 is 1.23 bits per heavy atom.